The fourth-order valence-corrected chi connectivity index (χ4v) is 3.16. The molecule has 1 spiro atoms. The number of hydrogen-bond donors (Lipinski definition) is 1. The molecule has 1 aromatic rings. The highest BCUT2D eigenvalue weighted by Gasteiger charge is 2.49. The topological polar surface area (TPSA) is 32.3 Å². The van der Waals surface area contributed by atoms with E-state index in [9.17, 15) is 9.18 Å². The van der Waals surface area contributed by atoms with E-state index >= 15 is 0 Å². The van der Waals surface area contributed by atoms with Crippen LogP contribution in [0.15, 0.2) is 18.2 Å². The molecule has 1 heterocycles. The van der Waals surface area contributed by atoms with Crippen molar-refractivity contribution in [3.8, 4) is 0 Å². The maximum atomic E-state index is 13.4. The Labute approximate surface area is 119 Å². The number of halogens is 1. The molecule has 0 atom stereocenters. The molecule has 108 valence electrons. The van der Waals surface area contributed by atoms with E-state index in [-0.39, 0.29) is 11.7 Å². The summed E-state index contributed by atoms with van der Waals surface area (Å²) >= 11 is 0. The van der Waals surface area contributed by atoms with E-state index in [0.29, 0.717) is 24.2 Å². The van der Waals surface area contributed by atoms with Crippen LogP contribution in [0.1, 0.15) is 36.8 Å². The minimum absolute atomic E-state index is 0.0389. The van der Waals surface area contributed by atoms with Crippen molar-refractivity contribution >= 4 is 5.91 Å². The first-order valence-corrected chi connectivity index (χ1v) is 7.36. The van der Waals surface area contributed by atoms with Gasteiger partial charge in [0, 0.05) is 18.6 Å². The third-order valence-electron chi connectivity index (χ3n) is 4.86. The molecule has 0 bridgehead atoms. The number of benzene rings is 1. The van der Waals surface area contributed by atoms with E-state index in [1.165, 1.54) is 31.7 Å². The second kappa shape index (κ2) is 5.17. The standard InChI is InChI=1S/C16H21FN2O/c1-12-3-4-13(9-14(12)17)10-18-15(20)11-19-8-7-16(19)5-2-6-16/h3-4,9H,2,5-8,10-11H2,1H3,(H,18,20). The monoisotopic (exact) mass is 276 g/mol. The maximum absolute atomic E-state index is 13.4. The van der Waals surface area contributed by atoms with Crippen LogP contribution in [-0.2, 0) is 11.3 Å². The van der Waals surface area contributed by atoms with Crippen LogP contribution in [0.4, 0.5) is 4.39 Å². The van der Waals surface area contributed by atoms with Crippen LogP contribution >= 0.6 is 0 Å². The molecular formula is C16H21FN2O. The van der Waals surface area contributed by atoms with Crippen molar-refractivity contribution in [2.24, 2.45) is 0 Å². The van der Waals surface area contributed by atoms with Crippen LogP contribution < -0.4 is 5.32 Å². The highest BCUT2D eigenvalue weighted by molar-refractivity contribution is 5.78. The molecule has 1 saturated heterocycles. The zero-order valence-electron chi connectivity index (χ0n) is 11.9. The Balaban J connectivity index is 1.48. The number of nitrogens with zero attached hydrogens (tertiary/aromatic N) is 1. The van der Waals surface area contributed by atoms with E-state index in [1.54, 1.807) is 13.0 Å². The molecule has 4 heteroatoms. The summed E-state index contributed by atoms with van der Waals surface area (Å²) in [6, 6.07) is 5.10. The van der Waals surface area contributed by atoms with Crippen LogP contribution in [0.2, 0.25) is 0 Å². The molecule has 1 aliphatic carbocycles. The average Bonchev–Trinajstić information content (AvgIpc) is 2.34. The molecule has 3 nitrogen and oxygen atoms in total. The zero-order chi connectivity index (χ0) is 14.2. The van der Waals surface area contributed by atoms with Crippen molar-refractivity contribution in [1.29, 1.82) is 0 Å². The predicted octanol–water partition coefficient (Wildman–Crippen LogP) is 2.38. The first kappa shape index (κ1) is 13.6. The van der Waals surface area contributed by atoms with Gasteiger partial charge in [0.25, 0.3) is 0 Å². The van der Waals surface area contributed by atoms with E-state index in [1.807, 2.05) is 6.07 Å². The second-order valence-electron chi connectivity index (χ2n) is 6.11. The Kier molecular flexibility index (Phi) is 3.50. The minimum Gasteiger partial charge on any atom is -0.351 e. The number of likely N-dealkylation sites (tertiary alicyclic amines) is 1. The normalized spacial score (nSPS) is 20.3. The summed E-state index contributed by atoms with van der Waals surface area (Å²) in [7, 11) is 0. The first-order chi connectivity index (χ1) is 9.59. The molecule has 1 aliphatic heterocycles. The lowest BCUT2D eigenvalue weighted by molar-refractivity contribution is -0.132. The number of hydrogen-bond acceptors (Lipinski definition) is 2. The van der Waals surface area contributed by atoms with E-state index in [4.69, 9.17) is 0 Å². The highest BCUT2D eigenvalue weighted by atomic mass is 19.1. The molecule has 2 fully saturated rings. The predicted molar refractivity (Wildman–Crippen MR) is 75.8 cm³/mol. The van der Waals surface area contributed by atoms with Crippen LogP contribution in [-0.4, -0.2) is 29.4 Å². The average molecular weight is 276 g/mol. The molecule has 1 aromatic carbocycles. The van der Waals surface area contributed by atoms with Gasteiger partial charge < -0.3 is 5.32 Å². The van der Waals surface area contributed by atoms with Gasteiger partial charge in [-0.3, -0.25) is 9.69 Å². The van der Waals surface area contributed by atoms with Gasteiger partial charge in [0.1, 0.15) is 5.82 Å². The van der Waals surface area contributed by atoms with Gasteiger partial charge in [-0.2, -0.15) is 0 Å². The van der Waals surface area contributed by atoms with Gasteiger partial charge in [0.15, 0.2) is 0 Å². The first-order valence-electron chi connectivity index (χ1n) is 7.36. The molecule has 0 aromatic heterocycles. The van der Waals surface area contributed by atoms with Crippen LogP contribution in [0.3, 0.4) is 0 Å². The van der Waals surface area contributed by atoms with E-state index in [2.05, 4.69) is 10.2 Å². The summed E-state index contributed by atoms with van der Waals surface area (Å²) in [5.41, 5.74) is 1.80. The quantitative estimate of drug-likeness (QED) is 0.915. The fraction of sp³-hybridized carbons (Fsp3) is 0.562. The molecule has 2 aliphatic rings. The van der Waals surface area contributed by atoms with Gasteiger partial charge in [0.05, 0.1) is 6.54 Å². The molecule has 1 N–H and O–H groups in total. The molecule has 1 amide bonds. The third-order valence-corrected chi connectivity index (χ3v) is 4.86. The molecule has 20 heavy (non-hydrogen) atoms. The summed E-state index contributed by atoms with van der Waals surface area (Å²) in [6.45, 7) is 3.65. The fourth-order valence-electron chi connectivity index (χ4n) is 3.16. The van der Waals surface area contributed by atoms with Crippen molar-refractivity contribution in [1.82, 2.24) is 10.2 Å². The van der Waals surface area contributed by atoms with Gasteiger partial charge in [0.2, 0.25) is 5.91 Å². The summed E-state index contributed by atoms with van der Waals surface area (Å²) in [4.78, 5) is 14.2. The highest BCUT2D eigenvalue weighted by Crippen LogP contribution is 2.46. The zero-order valence-corrected chi connectivity index (χ0v) is 11.9. The van der Waals surface area contributed by atoms with Gasteiger partial charge in [-0.05, 0) is 49.8 Å². The largest absolute Gasteiger partial charge is 0.351 e. The third kappa shape index (κ3) is 2.44. The minimum atomic E-state index is -0.215. The van der Waals surface area contributed by atoms with E-state index < -0.39 is 0 Å². The van der Waals surface area contributed by atoms with Crippen molar-refractivity contribution in [3.63, 3.8) is 0 Å². The van der Waals surface area contributed by atoms with Crippen molar-refractivity contribution in [2.45, 2.75) is 44.7 Å². The lowest BCUT2D eigenvalue weighted by Gasteiger charge is -2.58. The Morgan fingerprint density at radius 1 is 1.40 bits per heavy atom. The smallest absolute Gasteiger partial charge is 0.234 e. The molecule has 0 unspecified atom stereocenters. The Bertz CT molecular complexity index is 520. The number of rotatable bonds is 4. The Hall–Kier alpha value is -1.42. The SMILES string of the molecule is Cc1ccc(CNC(=O)CN2CCC23CCC3)cc1F. The Morgan fingerprint density at radius 3 is 2.75 bits per heavy atom. The van der Waals surface area contributed by atoms with Gasteiger partial charge in [-0.1, -0.05) is 12.1 Å². The number of carbonyl (C=O) groups is 1. The number of amides is 1. The number of carbonyl (C=O) groups excluding carboxylic acids is 1. The lowest BCUT2D eigenvalue weighted by atomic mass is 9.68. The van der Waals surface area contributed by atoms with Crippen molar-refractivity contribution in [2.75, 3.05) is 13.1 Å². The van der Waals surface area contributed by atoms with Crippen LogP contribution in [0.5, 0.6) is 0 Å². The molecule has 1 saturated carbocycles. The maximum Gasteiger partial charge on any atom is 0.234 e. The molecule has 3 rings (SSSR count). The molecular weight excluding hydrogens is 255 g/mol. The summed E-state index contributed by atoms with van der Waals surface area (Å²) in [5.74, 6) is -0.176. The van der Waals surface area contributed by atoms with Crippen LogP contribution in [0.25, 0.3) is 0 Å². The van der Waals surface area contributed by atoms with Gasteiger partial charge in [-0.25, -0.2) is 4.39 Å². The molecule has 0 radical (unpaired) electrons. The van der Waals surface area contributed by atoms with Crippen LogP contribution in [0, 0.1) is 12.7 Å². The second-order valence-corrected chi connectivity index (χ2v) is 6.11. The Morgan fingerprint density at radius 2 is 2.20 bits per heavy atom. The summed E-state index contributed by atoms with van der Waals surface area (Å²) in [5, 5.41) is 2.88. The summed E-state index contributed by atoms with van der Waals surface area (Å²) in [6.07, 6.45) is 5.01. The number of aryl methyl sites for hydroxylation is 1. The van der Waals surface area contributed by atoms with Crippen molar-refractivity contribution < 1.29 is 9.18 Å². The van der Waals surface area contributed by atoms with Gasteiger partial charge >= 0.3 is 0 Å². The van der Waals surface area contributed by atoms with Gasteiger partial charge in [-0.15, -0.1) is 0 Å². The lowest BCUT2D eigenvalue weighted by Crippen LogP contribution is -2.65. The summed E-state index contributed by atoms with van der Waals surface area (Å²) < 4.78 is 13.4. The van der Waals surface area contributed by atoms with E-state index in [0.717, 1.165) is 12.1 Å². The van der Waals surface area contributed by atoms with Crippen molar-refractivity contribution in [3.05, 3.63) is 35.1 Å². The number of nitrogens with one attached hydrogen (secondary N) is 1.